The molecule has 2 aromatic rings. The lowest BCUT2D eigenvalue weighted by molar-refractivity contribution is 0.102. The largest absolute Gasteiger partial charge is 0.372 e. The lowest BCUT2D eigenvalue weighted by Gasteiger charge is -2.28. The number of carbonyl (C=O) groups excluding carboxylic acids is 1. The van der Waals surface area contributed by atoms with Crippen molar-refractivity contribution >= 4 is 33.0 Å². The van der Waals surface area contributed by atoms with Gasteiger partial charge < -0.3 is 10.2 Å². The highest BCUT2D eigenvalue weighted by atomic mass is 32.2. The van der Waals surface area contributed by atoms with Crippen LogP contribution in [0.2, 0.25) is 0 Å². The summed E-state index contributed by atoms with van der Waals surface area (Å²) in [5.41, 5.74) is 3.31. The predicted octanol–water partition coefficient (Wildman–Crippen LogP) is 3.61. The first-order valence-corrected chi connectivity index (χ1v) is 11.0. The van der Waals surface area contributed by atoms with Crippen molar-refractivity contribution in [1.29, 1.82) is 0 Å². The summed E-state index contributed by atoms with van der Waals surface area (Å²) in [5, 5.41) is 2.88. The van der Waals surface area contributed by atoms with Crippen LogP contribution in [0.15, 0.2) is 42.5 Å². The molecule has 1 fully saturated rings. The summed E-state index contributed by atoms with van der Waals surface area (Å²) in [7, 11) is -3.40. The van der Waals surface area contributed by atoms with Gasteiger partial charge in [-0.05, 0) is 68.1 Å². The SMILES string of the molecule is Cc1c(NS(C)(=O)=O)cccc1C(=O)Nc1ccc(N2CCCCC2)cc1. The van der Waals surface area contributed by atoms with Gasteiger partial charge in [0.1, 0.15) is 0 Å². The molecule has 0 saturated carbocycles. The minimum atomic E-state index is -3.40. The van der Waals surface area contributed by atoms with Crippen molar-refractivity contribution < 1.29 is 13.2 Å². The third-order valence-corrected chi connectivity index (χ3v) is 5.31. The van der Waals surface area contributed by atoms with E-state index in [1.807, 2.05) is 24.3 Å². The number of amides is 1. The standard InChI is InChI=1S/C20H25N3O3S/c1-15-18(7-6-8-19(15)22-27(2,25)26)20(24)21-16-9-11-17(12-10-16)23-13-4-3-5-14-23/h6-12,22H,3-5,13-14H2,1-2H3,(H,21,24). The molecule has 0 aromatic heterocycles. The number of nitrogens with zero attached hydrogens (tertiary/aromatic N) is 1. The van der Waals surface area contributed by atoms with Crippen LogP contribution in [0.1, 0.15) is 35.2 Å². The fourth-order valence-corrected chi connectivity index (χ4v) is 3.92. The van der Waals surface area contributed by atoms with Crippen LogP contribution in [-0.4, -0.2) is 33.7 Å². The van der Waals surface area contributed by atoms with Crippen LogP contribution in [0.25, 0.3) is 0 Å². The number of benzene rings is 2. The summed E-state index contributed by atoms with van der Waals surface area (Å²) in [4.78, 5) is 15.0. The lowest BCUT2D eigenvalue weighted by atomic mass is 10.1. The average Bonchev–Trinajstić information content (AvgIpc) is 2.64. The monoisotopic (exact) mass is 387 g/mol. The molecule has 0 aliphatic carbocycles. The van der Waals surface area contributed by atoms with Gasteiger partial charge in [0, 0.05) is 30.0 Å². The molecule has 1 aliphatic heterocycles. The van der Waals surface area contributed by atoms with Crippen molar-refractivity contribution in [2.75, 3.05) is 34.3 Å². The molecule has 0 bridgehead atoms. The zero-order valence-corrected chi connectivity index (χ0v) is 16.5. The number of carbonyl (C=O) groups is 1. The van der Waals surface area contributed by atoms with Gasteiger partial charge in [-0.15, -0.1) is 0 Å². The van der Waals surface area contributed by atoms with E-state index in [4.69, 9.17) is 0 Å². The van der Waals surface area contributed by atoms with Crippen molar-refractivity contribution in [2.45, 2.75) is 26.2 Å². The smallest absolute Gasteiger partial charge is 0.256 e. The van der Waals surface area contributed by atoms with Crippen molar-refractivity contribution in [2.24, 2.45) is 0 Å². The van der Waals surface area contributed by atoms with Gasteiger partial charge >= 0.3 is 0 Å². The minimum Gasteiger partial charge on any atom is -0.372 e. The van der Waals surface area contributed by atoms with Crippen LogP contribution in [0.5, 0.6) is 0 Å². The number of hydrogen-bond donors (Lipinski definition) is 2. The van der Waals surface area contributed by atoms with Gasteiger partial charge in [0.05, 0.1) is 11.9 Å². The van der Waals surface area contributed by atoms with Crippen LogP contribution in [0.3, 0.4) is 0 Å². The first-order valence-electron chi connectivity index (χ1n) is 9.07. The fourth-order valence-electron chi connectivity index (χ4n) is 3.30. The Labute approximate surface area is 160 Å². The van der Waals surface area contributed by atoms with E-state index in [1.54, 1.807) is 25.1 Å². The van der Waals surface area contributed by atoms with E-state index in [1.165, 1.54) is 24.9 Å². The maximum atomic E-state index is 12.6. The van der Waals surface area contributed by atoms with Crippen LogP contribution < -0.4 is 14.9 Å². The first-order chi connectivity index (χ1) is 12.8. The number of sulfonamides is 1. The Morgan fingerprint density at radius 2 is 1.67 bits per heavy atom. The minimum absolute atomic E-state index is 0.268. The van der Waals surface area contributed by atoms with E-state index in [9.17, 15) is 13.2 Å². The zero-order valence-electron chi connectivity index (χ0n) is 15.7. The number of anilines is 3. The maximum absolute atomic E-state index is 12.6. The van der Waals surface area contributed by atoms with Gasteiger partial charge in [0.15, 0.2) is 0 Å². The van der Waals surface area contributed by atoms with Crippen molar-refractivity contribution in [3.63, 3.8) is 0 Å². The molecule has 1 amide bonds. The normalized spacial score (nSPS) is 14.7. The molecule has 2 N–H and O–H groups in total. The molecule has 27 heavy (non-hydrogen) atoms. The number of nitrogens with one attached hydrogen (secondary N) is 2. The van der Waals surface area contributed by atoms with E-state index < -0.39 is 10.0 Å². The predicted molar refractivity (Wildman–Crippen MR) is 110 cm³/mol. The Morgan fingerprint density at radius 3 is 2.30 bits per heavy atom. The molecular weight excluding hydrogens is 362 g/mol. The van der Waals surface area contributed by atoms with Gasteiger partial charge in [0.25, 0.3) is 5.91 Å². The molecule has 0 unspecified atom stereocenters. The Morgan fingerprint density at radius 1 is 1.00 bits per heavy atom. The first kappa shape index (κ1) is 19.2. The molecule has 6 nitrogen and oxygen atoms in total. The van der Waals surface area contributed by atoms with Crippen molar-refractivity contribution in [3.8, 4) is 0 Å². The second-order valence-electron chi connectivity index (χ2n) is 6.90. The van der Waals surface area contributed by atoms with E-state index in [0.29, 0.717) is 22.5 Å². The topological polar surface area (TPSA) is 78.5 Å². The molecule has 1 saturated heterocycles. The number of hydrogen-bond acceptors (Lipinski definition) is 4. The molecule has 2 aromatic carbocycles. The summed E-state index contributed by atoms with van der Waals surface area (Å²) >= 11 is 0. The second kappa shape index (κ2) is 8.00. The average molecular weight is 388 g/mol. The molecule has 1 heterocycles. The van der Waals surface area contributed by atoms with Gasteiger partial charge in [-0.3, -0.25) is 9.52 Å². The van der Waals surface area contributed by atoms with E-state index in [2.05, 4.69) is 14.9 Å². The second-order valence-corrected chi connectivity index (χ2v) is 8.65. The Bertz CT molecular complexity index is 918. The van der Waals surface area contributed by atoms with E-state index in [0.717, 1.165) is 19.3 Å². The quantitative estimate of drug-likeness (QED) is 0.821. The highest BCUT2D eigenvalue weighted by Gasteiger charge is 2.15. The molecule has 3 rings (SSSR count). The third-order valence-electron chi connectivity index (χ3n) is 4.72. The zero-order chi connectivity index (χ0) is 19.4. The molecule has 7 heteroatoms. The Hall–Kier alpha value is -2.54. The molecule has 0 spiro atoms. The number of rotatable bonds is 5. The van der Waals surface area contributed by atoms with Gasteiger partial charge in [0.2, 0.25) is 10.0 Å². The van der Waals surface area contributed by atoms with Crippen molar-refractivity contribution in [3.05, 3.63) is 53.6 Å². The summed E-state index contributed by atoms with van der Waals surface area (Å²) in [6.07, 6.45) is 4.81. The van der Waals surface area contributed by atoms with Crippen LogP contribution in [-0.2, 0) is 10.0 Å². The lowest BCUT2D eigenvalue weighted by Crippen LogP contribution is -2.29. The van der Waals surface area contributed by atoms with Crippen molar-refractivity contribution in [1.82, 2.24) is 0 Å². The summed E-state index contributed by atoms with van der Waals surface area (Å²) in [5.74, 6) is -0.268. The highest BCUT2D eigenvalue weighted by molar-refractivity contribution is 7.92. The summed E-state index contributed by atoms with van der Waals surface area (Å²) < 4.78 is 25.4. The Kier molecular flexibility index (Phi) is 5.70. The van der Waals surface area contributed by atoms with Crippen LogP contribution in [0, 0.1) is 6.92 Å². The maximum Gasteiger partial charge on any atom is 0.256 e. The molecule has 0 radical (unpaired) electrons. The Balaban J connectivity index is 1.72. The molecule has 144 valence electrons. The molecule has 1 aliphatic rings. The van der Waals surface area contributed by atoms with Gasteiger partial charge in [-0.1, -0.05) is 6.07 Å². The summed E-state index contributed by atoms with van der Waals surface area (Å²) in [6.45, 7) is 3.87. The summed E-state index contributed by atoms with van der Waals surface area (Å²) in [6, 6.07) is 12.8. The third kappa shape index (κ3) is 5.01. The number of piperidine rings is 1. The van der Waals surface area contributed by atoms with E-state index >= 15 is 0 Å². The van der Waals surface area contributed by atoms with Crippen LogP contribution >= 0.6 is 0 Å². The molecular formula is C20H25N3O3S. The highest BCUT2D eigenvalue weighted by Crippen LogP contribution is 2.24. The fraction of sp³-hybridized carbons (Fsp3) is 0.350. The van der Waals surface area contributed by atoms with Crippen LogP contribution in [0.4, 0.5) is 17.1 Å². The van der Waals surface area contributed by atoms with Gasteiger partial charge in [-0.25, -0.2) is 8.42 Å². The van der Waals surface area contributed by atoms with E-state index in [-0.39, 0.29) is 5.91 Å². The van der Waals surface area contributed by atoms with Gasteiger partial charge in [-0.2, -0.15) is 0 Å². The molecule has 0 atom stereocenters.